The van der Waals surface area contributed by atoms with Crippen molar-refractivity contribution in [1.82, 2.24) is 10.2 Å². The van der Waals surface area contributed by atoms with Crippen molar-refractivity contribution in [2.45, 2.75) is 80.7 Å². The molecule has 1 N–H and O–H groups in total. The van der Waals surface area contributed by atoms with Gasteiger partial charge in [-0.1, -0.05) is 48.5 Å². The molecule has 0 aliphatic carbocycles. The van der Waals surface area contributed by atoms with Gasteiger partial charge in [0.2, 0.25) is 11.8 Å². The zero-order chi connectivity index (χ0) is 17.6. The summed E-state index contributed by atoms with van der Waals surface area (Å²) in [6.07, 6.45) is 2.93. The molecule has 0 spiro atoms. The van der Waals surface area contributed by atoms with Gasteiger partial charge in [-0.25, -0.2) is 0 Å². The minimum Gasteiger partial charge on any atom is -0.344 e. The number of carbonyl (C=O) groups is 2. The molecule has 1 atom stereocenters. The SMILES string of the molecule is CC.CC(NC(=O)C(C)(C)CC(C)(C)C)C(=O)N1CCCC1. The van der Waals surface area contributed by atoms with Crippen molar-refractivity contribution < 1.29 is 9.59 Å². The molecule has 0 aromatic rings. The number of carbonyl (C=O) groups excluding carboxylic acids is 2. The minimum absolute atomic E-state index is 0.0347. The predicted molar refractivity (Wildman–Crippen MR) is 92.6 cm³/mol. The Balaban J connectivity index is 0.00000211. The first kappa shape index (κ1) is 20.9. The Morgan fingerprint density at radius 3 is 1.91 bits per heavy atom. The monoisotopic (exact) mass is 312 g/mol. The van der Waals surface area contributed by atoms with E-state index in [0.717, 1.165) is 32.4 Å². The zero-order valence-electron chi connectivity index (χ0n) is 15.9. The highest BCUT2D eigenvalue weighted by Gasteiger charge is 2.34. The molecule has 2 amide bonds. The summed E-state index contributed by atoms with van der Waals surface area (Å²) in [6, 6.07) is -0.431. The molecule has 0 bridgehead atoms. The van der Waals surface area contributed by atoms with Crippen molar-refractivity contribution in [1.29, 1.82) is 0 Å². The summed E-state index contributed by atoms with van der Waals surface area (Å²) < 4.78 is 0. The average Bonchev–Trinajstić information content (AvgIpc) is 2.91. The summed E-state index contributed by atoms with van der Waals surface area (Å²) in [4.78, 5) is 26.4. The molecule has 0 aromatic carbocycles. The fraction of sp³-hybridized carbons (Fsp3) is 0.889. The molecule has 0 radical (unpaired) electrons. The Morgan fingerprint density at radius 1 is 1.05 bits per heavy atom. The Labute approximate surface area is 137 Å². The minimum atomic E-state index is -0.461. The molecule has 1 aliphatic heterocycles. The van der Waals surface area contributed by atoms with Gasteiger partial charge >= 0.3 is 0 Å². The van der Waals surface area contributed by atoms with Crippen LogP contribution in [0.5, 0.6) is 0 Å². The fourth-order valence-electron chi connectivity index (χ4n) is 3.07. The highest BCUT2D eigenvalue weighted by Crippen LogP contribution is 2.33. The second kappa shape index (κ2) is 8.54. The van der Waals surface area contributed by atoms with Crippen molar-refractivity contribution in [3.63, 3.8) is 0 Å². The van der Waals surface area contributed by atoms with E-state index in [9.17, 15) is 9.59 Å². The molecule has 0 saturated carbocycles. The Bertz CT molecular complexity index is 364. The standard InChI is InChI=1S/C16H30N2O2.C2H6/c1-12(13(19)18-9-7-8-10-18)17-14(20)16(5,6)11-15(2,3)4;1-2/h12H,7-11H2,1-6H3,(H,17,20);1-2H3. The van der Waals surface area contributed by atoms with E-state index in [0.29, 0.717) is 0 Å². The lowest BCUT2D eigenvalue weighted by molar-refractivity contribution is -0.138. The van der Waals surface area contributed by atoms with Crippen LogP contribution in [0, 0.1) is 10.8 Å². The molecule has 22 heavy (non-hydrogen) atoms. The van der Waals surface area contributed by atoms with Gasteiger partial charge in [0.05, 0.1) is 0 Å². The Morgan fingerprint density at radius 2 is 1.50 bits per heavy atom. The largest absolute Gasteiger partial charge is 0.344 e. The summed E-state index contributed by atoms with van der Waals surface area (Å²) >= 11 is 0. The average molecular weight is 312 g/mol. The summed E-state index contributed by atoms with van der Waals surface area (Å²) in [5.74, 6) is 0.00915. The van der Waals surface area contributed by atoms with Crippen molar-refractivity contribution in [2.75, 3.05) is 13.1 Å². The maximum atomic E-state index is 12.4. The number of nitrogens with one attached hydrogen (secondary N) is 1. The molecular formula is C18H36N2O2. The normalized spacial score (nSPS) is 16.6. The van der Waals surface area contributed by atoms with E-state index >= 15 is 0 Å². The van der Waals surface area contributed by atoms with Crippen molar-refractivity contribution in [3.8, 4) is 0 Å². The van der Waals surface area contributed by atoms with Crippen molar-refractivity contribution in [3.05, 3.63) is 0 Å². The first-order valence-electron chi connectivity index (χ1n) is 8.63. The van der Waals surface area contributed by atoms with Gasteiger partial charge in [-0.15, -0.1) is 0 Å². The number of hydrogen-bond donors (Lipinski definition) is 1. The number of rotatable bonds is 4. The third-order valence-electron chi connectivity index (χ3n) is 3.72. The summed E-state index contributed by atoms with van der Waals surface area (Å²) in [7, 11) is 0. The Kier molecular flexibility index (Phi) is 8.13. The lowest BCUT2D eigenvalue weighted by atomic mass is 9.75. The summed E-state index contributed by atoms with van der Waals surface area (Å²) in [5.41, 5.74) is -0.374. The van der Waals surface area contributed by atoms with Crippen LogP contribution in [0.15, 0.2) is 0 Å². The number of likely N-dealkylation sites (tertiary alicyclic amines) is 1. The smallest absolute Gasteiger partial charge is 0.244 e. The summed E-state index contributed by atoms with van der Waals surface area (Å²) in [5, 5.41) is 2.89. The lowest BCUT2D eigenvalue weighted by Crippen LogP contribution is -2.50. The van der Waals surface area contributed by atoms with Crippen LogP contribution < -0.4 is 5.32 Å². The van der Waals surface area contributed by atoms with Crippen LogP contribution in [-0.2, 0) is 9.59 Å². The van der Waals surface area contributed by atoms with Crippen LogP contribution in [0.3, 0.4) is 0 Å². The zero-order valence-corrected chi connectivity index (χ0v) is 15.9. The van der Waals surface area contributed by atoms with E-state index in [1.165, 1.54) is 0 Å². The second-order valence-electron chi connectivity index (χ2n) is 7.85. The van der Waals surface area contributed by atoms with E-state index in [1.54, 1.807) is 6.92 Å². The summed E-state index contributed by atoms with van der Waals surface area (Å²) in [6.45, 7) is 17.7. The Hall–Kier alpha value is -1.06. The van der Waals surface area contributed by atoms with Crippen LogP contribution in [0.25, 0.3) is 0 Å². The van der Waals surface area contributed by atoms with Crippen LogP contribution in [0.4, 0.5) is 0 Å². The lowest BCUT2D eigenvalue weighted by Gasteiger charge is -2.32. The topological polar surface area (TPSA) is 49.4 Å². The van der Waals surface area contributed by atoms with Gasteiger partial charge in [-0.2, -0.15) is 0 Å². The van der Waals surface area contributed by atoms with E-state index < -0.39 is 11.5 Å². The van der Waals surface area contributed by atoms with Crippen LogP contribution in [0.1, 0.15) is 74.7 Å². The van der Waals surface area contributed by atoms with Crippen molar-refractivity contribution in [2.24, 2.45) is 10.8 Å². The molecule has 1 saturated heterocycles. The fourth-order valence-corrected chi connectivity index (χ4v) is 3.07. The number of amides is 2. The number of hydrogen-bond acceptors (Lipinski definition) is 2. The van der Waals surface area contributed by atoms with Crippen LogP contribution >= 0.6 is 0 Å². The van der Waals surface area contributed by atoms with Crippen molar-refractivity contribution >= 4 is 11.8 Å². The van der Waals surface area contributed by atoms with Gasteiger partial charge in [-0.3, -0.25) is 9.59 Å². The molecule has 130 valence electrons. The maximum absolute atomic E-state index is 12.4. The molecule has 1 heterocycles. The predicted octanol–water partition coefficient (Wildman–Crippen LogP) is 3.60. The van der Waals surface area contributed by atoms with Crippen LogP contribution in [0.2, 0.25) is 0 Å². The third-order valence-corrected chi connectivity index (χ3v) is 3.72. The highest BCUT2D eigenvalue weighted by atomic mass is 16.2. The maximum Gasteiger partial charge on any atom is 0.244 e. The van der Waals surface area contributed by atoms with E-state index in [-0.39, 0.29) is 17.2 Å². The quantitative estimate of drug-likeness (QED) is 0.862. The molecule has 1 rings (SSSR count). The molecule has 1 unspecified atom stereocenters. The van der Waals surface area contributed by atoms with Gasteiger partial charge in [0.1, 0.15) is 6.04 Å². The molecule has 0 aromatic heterocycles. The first-order chi connectivity index (χ1) is 10.0. The van der Waals surface area contributed by atoms with E-state index in [4.69, 9.17) is 0 Å². The molecule has 4 nitrogen and oxygen atoms in total. The molecule has 4 heteroatoms. The van der Waals surface area contributed by atoms with Gasteiger partial charge in [-0.05, 0) is 31.6 Å². The van der Waals surface area contributed by atoms with Gasteiger partial charge in [0, 0.05) is 18.5 Å². The third kappa shape index (κ3) is 6.80. The van der Waals surface area contributed by atoms with Crippen LogP contribution in [-0.4, -0.2) is 35.8 Å². The second-order valence-corrected chi connectivity index (χ2v) is 7.85. The van der Waals surface area contributed by atoms with E-state index in [2.05, 4.69) is 26.1 Å². The molecule has 1 fully saturated rings. The van der Waals surface area contributed by atoms with E-state index in [1.807, 2.05) is 32.6 Å². The molecular weight excluding hydrogens is 276 g/mol. The van der Waals surface area contributed by atoms with Gasteiger partial charge < -0.3 is 10.2 Å². The van der Waals surface area contributed by atoms with Gasteiger partial charge in [0.25, 0.3) is 0 Å². The molecule has 1 aliphatic rings. The van der Waals surface area contributed by atoms with Gasteiger partial charge in [0.15, 0.2) is 0 Å². The highest BCUT2D eigenvalue weighted by molar-refractivity contribution is 5.89. The number of nitrogens with zero attached hydrogens (tertiary/aromatic N) is 1. The first-order valence-corrected chi connectivity index (χ1v) is 8.63.